The van der Waals surface area contributed by atoms with E-state index in [0.29, 0.717) is 29.3 Å². The van der Waals surface area contributed by atoms with Crippen molar-refractivity contribution in [1.29, 1.82) is 0 Å². The van der Waals surface area contributed by atoms with E-state index in [-0.39, 0.29) is 11.4 Å². The summed E-state index contributed by atoms with van der Waals surface area (Å²) in [5.74, 6) is -0.149. The van der Waals surface area contributed by atoms with Gasteiger partial charge in [-0.3, -0.25) is 9.59 Å². The number of thiophene rings is 1. The molecule has 7 nitrogen and oxygen atoms in total. The average Bonchev–Trinajstić information content (AvgIpc) is 3.50. The molecule has 35 heavy (non-hydrogen) atoms. The third-order valence-electron chi connectivity index (χ3n) is 6.11. The summed E-state index contributed by atoms with van der Waals surface area (Å²) in [7, 11) is 7.04. The highest BCUT2D eigenvalue weighted by atomic mass is 32.1. The van der Waals surface area contributed by atoms with Gasteiger partial charge >= 0.3 is 0 Å². The SMILES string of the molecule is COc1ccc(CCN2C(=O)C(O)=C(C(=O)c3cccs3)C2c2ccc(N(C)C)cc2)cc1OC. The first kappa shape index (κ1) is 24.3. The molecule has 0 spiro atoms. The predicted molar refractivity (Wildman–Crippen MR) is 137 cm³/mol. The molecular formula is C27H28N2O5S. The number of hydrogen-bond acceptors (Lipinski definition) is 7. The Morgan fingerprint density at radius 3 is 2.37 bits per heavy atom. The third kappa shape index (κ3) is 4.74. The van der Waals surface area contributed by atoms with Gasteiger partial charge in [0.05, 0.1) is 30.7 Å². The van der Waals surface area contributed by atoms with Crippen LogP contribution in [0.4, 0.5) is 5.69 Å². The molecule has 0 saturated heterocycles. The first-order valence-corrected chi connectivity index (χ1v) is 12.0. The van der Waals surface area contributed by atoms with Crippen molar-refractivity contribution in [2.75, 3.05) is 39.8 Å². The van der Waals surface area contributed by atoms with E-state index in [1.165, 1.54) is 11.3 Å². The molecule has 182 valence electrons. The van der Waals surface area contributed by atoms with E-state index >= 15 is 0 Å². The van der Waals surface area contributed by atoms with Crippen LogP contribution in [0.5, 0.6) is 11.5 Å². The van der Waals surface area contributed by atoms with Gasteiger partial charge in [-0.15, -0.1) is 11.3 Å². The van der Waals surface area contributed by atoms with Crippen molar-refractivity contribution in [1.82, 2.24) is 4.90 Å². The van der Waals surface area contributed by atoms with Gasteiger partial charge in [0.15, 0.2) is 17.3 Å². The lowest BCUT2D eigenvalue weighted by Gasteiger charge is -2.27. The number of methoxy groups -OCH3 is 2. The Balaban J connectivity index is 1.68. The van der Waals surface area contributed by atoms with Crippen LogP contribution >= 0.6 is 11.3 Å². The molecule has 0 radical (unpaired) electrons. The molecule has 3 aromatic rings. The van der Waals surface area contributed by atoms with E-state index in [1.54, 1.807) is 36.6 Å². The topological polar surface area (TPSA) is 79.3 Å². The fraction of sp³-hybridized carbons (Fsp3) is 0.259. The molecule has 1 unspecified atom stereocenters. The first-order valence-electron chi connectivity index (χ1n) is 11.2. The zero-order chi connectivity index (χ0) is 25.1. The van der Waals surface area contributed by atoms with E-state index in [1.807, 2.05) is 61.5 Å². The normalized spacial score (nSPS) is 15.5. The smallest absolute Gasteiger partial charge is 0.290 e. The lowest BCUT2D eigenvalue weighted by atomic mass is 9.95. The maximum atomic E-state index is 13.4. The largest absolute Gasteiger partial charge is 0.503 e. The third-order valence-corrected chi connectivity index (χ3v) is 6.98. The predicted octanol–water partition coefficient (Wildman–Crippen LogP) is 4.65. The zero-order valence-electron chi connectivity index (χ0n) is 20.1. The van der Waals surface area contributed by atoms with Gasteiger partial charge in [0.2, 0.25) is 5.78 Å². The summed E-state index contributed by atoms with van der Waals surface area (Å²) in [6, 6.07) is 16.1. The maximum absolute atomic E-state index is 13.4. The minimum absolute atomic E-state index is 0.113. The molecule has 0 bridgehead atoms. The molecule has 1 N–H and O–H groups in total. The van der Waals surface area contributed by atoms with Crippen molar-refractivity contribution in [2.45, 2.75) is 12.5 Å². The highest BCUT2D eigenvalue weighted by Gasteiger charge is 2.43. The first-order chi connectivity index (χ1) is 16.8. The van der Waals surface area contributed by atoms with E-state index in [2.05, 4.69) is 0 Å². The second kappa shape index (κ2) is 10.2. The number of amides is 1. The average molecular weight is 493 g/mol. The summed E-state index contributed by atoms with van der Waals surface area (Å²) in [5, 5.41) is 12.6. The Hall–Kier alpha value is -3.78. The number of anilines is 1. The van der Waals surface area contributed by atoms with Crippen LogP contribution in [-0.4, -0.2) is 56.6 Å². The minimum atomic E-state index is -0.687. The molecule has 2 aromatic carbocycles. The Morgan fingerprint density at radius 1 is 1.06 bits per heavy atom. The number of nitrogens with zero attached hydrogens (tertiary/aromatic N) is 2. The highest BCUT2D eigenvalue weighted by Crippen LogP contribution is 2.40. The van der Waals surface area contributed by atoms with Crippen molar-refractivity contribution in [3.05, 3.63) is 87.3 Å². The van der Waals surface area contributed by atoms with Gasteiger partial charge in [-0.25, -0.2) is 0 Å². The summed E-state index contributed by atoms with van der Waals surface area (Å²) in [4.78, 5) is 30.6. The van der Waals surface area contributed by atoms with E-state index < -0.39 is 17.7 Å². The summed E-state index contributed by atoms with van der Waals surface area (Å²) < 4.78 is 10.7. The molecule has 0 fully saturated rings. The van der Waals surface area contributed by atoms with Crippen molar-refractivity contribution in [3.8, 4) is 11.5 Å². The van der Waals surface area contributed by atoms with Gasteiger partial charge in [-0.1, -0.05) is 24.3 Å². The molecule has 0 saturated carbocycles. The van der Waals surface area contributed by atoms with Crippen LogP contribution in [-0.2, 0) is 11.2 Å². The van der Waals surface area contributed by atoms with Crippen LogP contribution in [0, 0.1) is 0 Å². The van der Waals surface area contributed by atoms with Crippen molar-refractivity contribution in [2.24, 2.45) is 0 Å². The van der Waals surface area contributed by atoms with E-state index in [4.69, 9.17) is 9.47 Å². The molecule has 8 heteroatoms. The number of rotatable bonds is 9. The van der Waals surface area contributed by atoms with Crippen molar-refractivity contribution < 1.29 is 24.2 Å². The van der Waals surface area contributed by atoms with Gasteiger partial charge < -0.3 is 24.4 Å². The molecule has 1 amide bonds. The lowest BCUT2D eigenvalue weighted by molar-refractivity contribution is -0.129. The number of Topliss-reactive ketones (excluding diaryl/α,β-unsaturated/α-hetero) is 1. The van der Waals surface area contributed by atoms with Gasteiger partial charge in [0, 0.05) is 26.3 Å². The van der Waals surface area contributed by atoms with Gasteiger partial charge in [0.25, 0.3) is 5.91 Å². The summed E-state index contributed by atoms with van der Waals surface area (Å²) in [6.45, 7) is 0.305. The second-order valence-electron chi connectivity index (χ2n) is 8.40. The maximum Gasteiger partial charge on any atom is 0.290 e. The number of ketones is 1. The van der Waals surface area contributed by atoms with Crippen LogP contribution in [0.25, 0.3) is 0 Å². The molecule has 0 aliphatic carbocycles. The molecule has 1 aliphatic rings. The standard InChI is InChI=1S/C27H28N2O5S/c1-28(2)19-10-8-18(9-11-19)24-23(25(30)22-6-5-15-35-22)26(31)27(32)29(24)14-13-17-7-12-20(33-3)21(16-17)34-4/h5-12,15-16,24,31H,13-14H2,1-4H3. The van der Waals surface area contributed by atoms with Crippen LogP contribution in [0.2, 0.25) is 0 Å². The molecular weight excluding hydrogens is 464 g/mol. The van der Waals surface area contributed by atoms with E-state index in [0.717, 1.165) is 16.8 Å². The molecule has 2 heterocycles. The number of aliphatic hydroxyl groups is 1. The number of carbonyl (C=O) groups is 2. The Kier molecular flexibility index (Phi) is 7.12. The van der Waals surface area contributed by atoms with Gasteiger partial charge in [0.1, 0.15) is 0 Å². The summed E-state index contributed by atoms with van der Waals surface area (Å²) in [5.41, 5.74) is 2.81. The second-order valence-corrected chi connectivity index (χ2v) is 9.34. The number of ether oxygens (including phenoxy) is 2. The lowest BCUT2D eigenvalue weighted by Crippen LogP contribution is -2.33. The fourth-order valence-corrected chi connectivity index (χ4v) is 4.92. The molecule has 4 rings (SSSR count). The number of hydrogen-bond donors (Lipinski definition) is 1. The van der Waals surface area contributed by atoms with Gasteiger partial charge in [-0.2, -0.15) is 0 Å². The Bertz CT molecular complexity index is 1250. The Morgan fingerprint density at radius 2 is 1.77 bits per heavy atom. The quantitative estimate of drug-likeness (QED) is 0.438. The van der Waals surface area contributed by atoms with Crippen LogP contribution in [0.3, 0.4) is 0 Å². The summed E-state index contributed by atoms with van der Waals surface area (Å²) in [6.07, 6.45) is 0.506. The number of benzene rings is 2. The molecule has 1 aliphatic heterocycles. The van der Waals surface area contributed by atoms with Crippen molar-refractivity contribution in [3.63, 3.8) is 0 Å². The van der Waals surface area contributed by atoms with Crippen LogP contribution in [0.1, 0.15) is 26.8 Å². The molecule has 1 atom stereocenters. The van der Waals surface area contributed by atoms with Crippen molar-refractivity contribution >= 4 is 28.7 Å². The van der Waals surface area contributed by atoms with Crippen LogP contribution < -0.4 is 14.4 Å². The highest BCUT2D eigenvalue weighted by molar-refractivity contribution is 7.12. The van der Waals surface area contributed by atoms with Gasteiger partial charge in [-0.05, 0) is 53.3 Å². The minimum Gasteiger partial charge on any atom is -0.503 e. The van der Waals surface area contributed by atoms with Crippen LogP contribution in [0.15, 0.2) is 71.3 Å². The summed E-state index contributed by atoms with van der Waals surface area (Å²) >= 11 is 1.29. The molecule has 1 aromatic heterocycles. The fourth-order valence-electron chi connectivity index (χ4n) is 4.24. The van der Waals surface area contributed by atoms with E-state index in [9.17, 15) is 14.7 Å². The number of aliphatic hydroxyl groups excluding tert-OH is 1. The Labute approximate surface area is 208 Å². The number of carbonyl (C=O) groups excluding carboxylic acids is 2. The zero-order valence-corrected chi connectivity index (χ0v) is 21.0. The monoisotopic (exact) mass is 492 g/mol.